The Labute approximate surface area is 183 Å². The van der Waals surface area contributed by atoms with Crippen LogP contribution in [-0.4, -0.2) is 43.2 Å². The molecule has 2 saturated heterocycles. The van der Waals surface area contributed by atoms with Crippen molar-refractivity contribution in [2.75, 3.05) is 14.2 Å². The molecule has 2 aliphatic rings. The van der Waals surface area contributed by atoms with Gasteiger partial charge in [0.25, 0.3) is 5.91 Å². The van der Waals surface area contributed by atoms with Gasteiger partial charge in [0.2, 0.25) is 0 Å². The number of carbonyl (C=O) groups is 1. The van der Waals surface area contributed by atoms with Crippen LogP contribution in [0.5, 0.6) is 11.5 Å². The Kier molecular flexibility index (Phi) is 7.21. The van der Waals surface area contributed by atoms with Crippen LogP contribution in [0, 0.1) is 5.82 Å². The number of rotatable bonds is 6. The first-order chi connectivity index (χ1) is 14.1. The van der Waals surface area contributed by atoms with Crippen LogP contribution in [0.25, 0.3) is 0 Å². The fraction of sp³-hybridized carbons (Fsp3) is 0.435. The van der Waals surface area contributed by atoms with Crippen LogP contribution < -0.4 is 14.8 Å². The highest BCUT2D eigenvalue weighted by atomic mass is 35.5. The predicted octanol–water partition coefficient (Wildman–Crippen LogP) is 4.19. The molecule has 1 amide bonds. The number of fused-ring (bicyclic) bond motifs is 2. The van der Waals surface area contributed by atoms with Crippen molar-refractivity contribution in [3.63, 3.8) is 0 Å². The molecular weight excluding hydrogens is 407 g/mol. The molecular formula is C23H28ClFN2O3. The summed E-state index contributed by atoms with van der Waals surface area (Å²) in [6.07, 6.45) is 4.13. The maximum absolute atomic E-state index is 13.2. The van der Waals surface area contributed by atoms with E-state index in [1.54, 1.807) is 32.4 Å². The van der Waals surface area contributed by atoms with E-state index in [9.17, 15) is 9.18 Å². The van der Waals surface area contributed by atoms with E-state index in [4.69, 9.17) is 9.47 Å². The monoisotopic (exact) mass is 434 g/mol. The summed E-state index contributed by atoms with van der Waals surface area (Å²) in [4.78, 5) is 15.4. The number of nitrogens with one attached hydrogen (secondary N) is 1. The third kappa shape index (κ3) is 4.55. The lowest BCUT2D eigenvalue weighted by Gasteiger charge is -2.39. The van der Waals surface area contributed by atoms with Crippen LogP contribution >= 0.6 is 12.4 Å². The van der Waals surface area contributed by atoms with Crippen molar-refractivity contribution in [3.8, 4) is 11.5 Å². The molecule has 4 rings (SSSR count). The second-order valence-electron chi connectivity index (χ2n) is 7.87. The number of hydrogen-bond acceptors (Lipinski definition) is 4. The van der Waals surface area contributed by atoms with Crippen LogP contribution in [0.1, 0.15) is 41.6 Å². The topological polar surface area (TPSA) is 50.8 Å². The largest absolute Gasteiger partial charge is 0.493 e. The zero-order chi connectivity index (χ0) is 20.4. The number of methoxy groups -OCH3 is 2. The SMILES string of the molecule is COc1cccc(C(=O)NC2CC3CCC(C2)N3Cc2ccc(F)cc2)c1OC.Cl. The third-order valence-corrected chi connectivity index (χ3v) is 6.15. The van der Waals surface area contributed by atoms with Gasteiger partial charge in [-0.2, -0.15) is 0 Å². The van der Waals surface area contributed by atoms with E-state index >= 15 is 0 Å². The van der Waals surface area contributed by atoms with Gasteiger partial charge in [0, 0.05) is 24.7 Å². The summed E-state index contributed by atoms with van der Waals surface area (Å²) in [6, 6.07) is 13.1. The first-order valence-corrected chi connectivity index (χ1v) is 10.1. The molecule has 0 aliphatic carbocycles. The van der Waals surface area contributed by atoms with Crippen molar-refractivity contribution in [2.24, 2.45) is 0 Å². The van der Waals surface area contributed by atoms with Crippen LogP contribution in [0.2, 0.25) is 0 Å². The lowest BCUT2D eigenvalue weighted by atomic mass is 9.96. The Morgan fingerprint density at radius 2 is 1.73 bits per heavy atom. The summed E-state index contributed by atoms with van der Waals surface area (Å²) < 4.78 is 23.9. The van der Waals surface area contributed by atoms with Gasteiger partial charge in [-0.3, -0.25) is 9.69 Å². The summed E-state index contributed by atoms with van der Waals surface area (Å²) in [5.41, 5.74) is 1.62. The molecule has 2 atom stereocenters. The molecule has 0 radical (unpaired) electrons. The predicted molar refractivity (Wildman–Crippen MR) is 116 cm³/mol. The van der Waals surface area contributed by atoms with E-state index in [0.29, 0.717) is 29.1 Å². The Hall–Kier alpha value is -2.31. The van der Waals surface area contributed by atoms with E-state index in [2.05, 4.69) is 10.2 Å². The second kappa shape index (κ2) is 9.67. The fourth-order valence-electron chi connectivity index (χ4n) is 4.78. The number of piperidine rings is 1. The van der Waals surface area contributed by atoms with E-state index in [1.165, 1.54) is 12.1 Å². The zero-order valence-corrected chi connectivity index (χ0v) is 18.1. The highest BCUT2D eigenvalue weighted by molar-refractivity contribution is 5.98. The molecule has 2 aliphatic heterocycles. The Morgan fingerprint density at radius 3 is 2.33 bits per heavy atom. The number of halogens is 2. The van der Waals surface area contributed by atoms with Gasteiger partial charge >= 0.3 is 0 Å². The van der Waals surface area contributed by atoms with Crippen molar-refractivity contribution >= 4 is 18.3 Å². The molecule has 162 valence electrons. The number of para-hydroxylation sites is 1. The highest BCUT2D eigenvalue weighted by Crippen LogP contribution is 2.37. The molecule has 0 aromatic heterocycles. The minimum absolute atomic E-state index is 0. The average Bonchev–Trinajstić information content (AvgIpc) is 2.96. The minimum atomic E-state index is -0.203. The smallest absolute Gasteiger partial charge is 0.255 e. The van der Waals surface area contributed by atoms with Gasteiger partial charge < -0.3 is 14.8 Å². The molecule has 5 nitrogen and oxygen atoms in total. The zero-order valence-electron chi connectivity index (χ0n) is 17.3. The van der Waals surface area contributed by atoms with E-state index in [0.717, 1.165) is 37.8 Å². The Bertz CT molecular complexity index is 863. The number of nitrogens with zero attached hydrogens (tertiary/aromatic N) is 1. The molecule has 7 heteroatoms. The van der Waals surface area contributed by atoms with Gasteiger partial charge in [0.1, 0.15) is 5.82 Å². The molecule has 1 N–H and O–H groups in total. The van der Waals surface area contributed by atoms with Crippen molar-refractivity contribution in [1.29, 1.82) is 0 Å². The van der Waals surface area contributed by atoms with Crippen molar-refractivity contribution in [1.82, 2.24) is 10.2 Å². The number of ether oxygens (including phenoxy) is 2. The minimum Gasteiger partial charge on any atom is -0.493 e. The summed E-state index contributed by atoms with van der Waals surface area (Å²) in [7, 11) is 3.11. The maximum atomic E-state index is 13.2. The first-order valence-electron chi connectivity index (χ1n) is 10.1. The summed E-state index contributed by atoms with van der Waals surface area (Å²) in [5.74, 6) is 0.682. The summed E-state index contributed by atoms with van der Waals surface area (Å²) >= 11 is 0. The number of hydrogen-bond donors (Lipinski definition) is 1. The van der Waals surface area contributed by atoms with E-state index < -0.39 is 0 Å². The molecule has 2 bridgehead atoms. The van der Waals surface area contributed by atoms with Crippen LogP contribution in [0.3, 0.4) is 0 Å². The van der Waals surface area contributed by atoms with Gasteiger partial charge in [-0.25, -0.2) is 4.39 Å². The van der Waals surface area contributed by atoms with Gasteiger partial charge in [-0.1, -0.05) is 18.2 Å². The number of benzene rings is 2. The van der Waals surface area contributed by atoms with Gasteiger partial charge in [0.05, 0.1) is 19.8 Å². The molecule has 2 fully saturated rings. The molecule has 30 heavy (non-hydrogen) atoms. The lowest BCUT2D eigenvalue weighted by Crippen LogP contribution is -2.50. The first kappa shape index (κ1) is 22.4. The molecule has 2 aromatic carbocycles. The molecule has 2 heterocycles. The fourth-order valence-corrected chi connectivity index (χ4v) is 4.78. The molecule has 2 unspecified atom stereocenters. The highest BCUT2D eigenvalue weighted by Gasteiger charge is 2.41. The third-order valence-electron chi connectivity index (χ3n) is 6.15. The van der Waals surface area contributed by atoms with E-state index in [-0.39, 0.29) is 30.2 Å². The molecule has 0 spiro atoms. The maximum Gasteiger partial charge on any atom is 0.255 e. The summed E-state index contributed by atoms with van der Waals surface area (Å²) in [6.45, 7) is 0.833. The Balaban J connectivity index is 0.00000256. The van der Waals surface area contributed by atoms with Gasteiger partial charge in [-0.15, -0.1) is 12.4 Å². The normalized spacial score (nSPS) is 22.8. The van der Waals surface area contributed by atoms with E-state index in [1.807, 2.05) is 12.1 Å². The standard InChI is InChI=1S/C23H27FN2O3.ClH/c1-28-21-5-3-4-20(22(21)29-2)23(27)25-17-12-18-10-11-19(13-17)26(18)14-15-6-8-16(24)9-7-15;/h3-9,17-19H,10-14H2,1-2H3,(H,25,27);1H. The van der Waals surface area contributed by atoms with Crippen molar-refractivity contribution in [3.05, 3.63) is 59.4 Å². The summed E-state index contributed by atoms with van der Waals surface area (Å²) in [5, 5.41) is 3.20. The van der Waals surface area contributed by atoms with Gasteiger partial charge in [-0.05, 0) is 55.5 Å². The molecule has 2 aromatic rings. The van der Waals surface area contributed by atoms with Crippen LogP contribution in [-0.2, 0) is 6.54 Å². The lowest BCUT2D eigenvalue weighted by molar-refractivity contribution is 0.0825. The number of carbonyl (C=O) groups excluding carboxylic acids is 1. The Morgan fingerprint density at radius 1 is 1.07 bits per heavy atom. The van der Waals surface area contributed by atoms with Gasteiger partial charge in [0.15, 0.2) is 11.5 Å². The van der Waals surface area contributed by atoms with Crippen molar-refractivity contribution in [2.45, 2.75) is 50.4 Å². The van der Waals surface area contributed by atoms with Crippen LogP contribution in [0.4, 0.5) is 4.39 Å². The second-order valence-corrected chi connectivity index (χ2v) is 7.87. The molecule has 0 saturated carbocycles. The number of amides is 1. The quantitative estimate of drug-likeness (QED) is 0.740. The van der Waals surface area contributed by atoms with Crippen molar-refractivity contribution < 1.29 is 18.7 Å². The average molecular weight is 435 g/mol. The van der Waals surface area contributed by atoms with Crippen LogP contribution in [0.15, 0.2) is 42.5 Å².